The molecule has 1 aromatic rings. The van der Waals surface area contributed by atoms with Gasteiger partial charge in [-0.05, 0) is 31.8 Å². The van der Waals surface area contributed by atoms with Crippen molar-refractivity contribution in [3.05, 3.63) is 42.0 Å². The first-order valence-corrected chi connectivity index (χ1v) is 8.91. The van der Waals surface area contributed by atoms with Crippen molar-refractivity contribution in [1.82, 2.24) is 0 Å². The van der Waals surface area contributed by atoms with Crippen LogP contribution in [0.5, 0.6) is 0 Å². The SMILES string of the molecule is C[Si](C)(C)OC=CSc1ccccc1. The van der Waals surface area contributed by atoms with E-state index in [9.17, 15) is 0 Å². The van der Waals surface area contributed by atoms with E-state index in [2.05, 4.69) is 31.8 Å². The minimum absolute atomic E-state index is 1.24. The number of hydrogen-bond donors (Lipinski definition) is 0. The molecule has 1 aromatic carbocycles. The second-order valence-electron chi connectivity index (χ2n) is 3.93. The van der Waals surface area contributed by atoms with Crippen LogP contribution in [0.25, 0.3) is 0 Å². The fourth-order valence-corrected chi connectivity index (χ4v) is 1.99. The molecule has 0 saturated carbocycles. The van der Waals surface area contributed by atoms with Gasteiger partial charge in [-0.15, -0.1) is 0 Å². The first-order chi connectivity index (χ1) is 6.58. The second-order valence-corrected chi connectivity index (χ2v) is 9.37. The summed E-state index contributed by atoms with van der Waals surface area (Å²) < 4.78 is 5.59. The standard InChI is InChI=1S/C11H16OSSi/c1-14(2,3)12-9-10-13-11-7-5-4-6-8-11/h4-10H,1-3H3. The Labute approximate surface area is 91.3 Å². The number of benzene rings is 1. The second kappa shape index (κ2) is 5.27. The largest absolute Gasteiger partial charge is 0.549 e. The van der Waals surface area contributed by atoms with Gasteiger partial charge in [0.2, 0.25) is 8.32 Å². The maximum Gasteiger partial charge on any atom is 0.241 e. The van der Waals surface area contributed by atoms with E-state index < -0.39 is 8.32 Å². The van der Waals surface area contributed by atoms with Crippen molar-refractivity contribution in [2.24, 2.45) is 0 Å². The summed E-state index contributed by atoms with van der Waals surface area (Å²) in [4.78, 5) is 1.24. The summed E-state index contributed by atoms with van der Waals surface area (Å²) in [6.45, 7) is 6.51. The van der Waals surface area contributed by atoms with E-state index in [1.54, 1.807) is 11.8 Å². The van der Waals surface area contributed by atoms with Crippen molar-refractivity contribution in [3.63, 3.8) is 0 Å². The molecule has 1 nitrogen and oxygen atoms in total. The summed E-state index contributed by atoms with van der Waals surface area (Å²) in [6.07, 6.45) is 1.81. The summed E-state index contributed by atoms with van der Waals surface area (Å²) in [5.74, 6) is 0. The molecule has 0 aliphatic rings. The molecule has 0 fully saturated rings. The number of thioether (sulfide) groups is 1. The van der Waals surface area contributed by atoms with Gasteiger partial charge < -0.3 is 4.43 Å². The first kappa shape index (κ1) is 11.4. The lowest BCUT2D eigenvalue weighted by atomic mass is 10.4. The predicted molar refractivity (Wildman–Crippen MR) is 65.9 cm³/mol. The van der Waals surface area contributed by atoms with Gasteiger partial charge in [-0.3, -0.25) is 0 Å². The van der Waals surface area contributed by atoms with Crippen LogP contribution in [-0.4, -0.2) is 8.32 Å². The lowest BCUT2D eigenvalue weighted by Crippen LogP contribution is -2.21. The van der Waals surface area contributed by atoms with Crippen LogP contribution in [0.4, 0.5) is 0 Å². The van der Waals surface area contributed by atoms with Crippen LogP contribution in [0.2, 0.25) is 19.6 Å². The monoisotopic (exact) mass is 224 g/mol. The lowest BCUT2D eigenvalue weighted by molar-refractivity contribution is 0.481. The first-order valence-electron chi connectivity index (χ1n) is 4.62. The van der Waals surface area contributed by atoms with Crippen LogP contribution in [0, 0.1) is 0 Å². The number of rotatable bonds is 4. The average molecular weight is 224 g/mol. The summed E-state index contributed by atoms with van der Waals surface area (Å²) >= 11 is 1.68. The van der Waals surface area contributed by atoms with Gasteiger partial charge in [0.25, 0.3) is 0 Å². The summed E-state index contributed by atoms with van der Waals surface area (Å²) in [5, 5.41) is 1.99. The lowest BCUT2D eigenvalue weighted by Gasteiger charge is -2.14. The average Bonchev–Trinajstić information content (AvgIpc) is 2.13. The Morgan fingerprint density at radius 1 is 1.14 bits per heavy atom. The molecule has 0 radical (unpaired) electrons. The van der Waals surface area contributed by atoms with E-state index in [1.165, 1.54) is 4.90 Å². The molecule has 0 saturated heterocycles. The Balaban J connectivity index is 2.35. The van der Waals surface area contributed by atoms with Crippen molar-refractivity contribution < 1.29 is 4.43 Å². The van der Waals surface area contributed by atoms with E-state index in [1.807, 2.05) is 29.9 Å². The van der Waals surface area contributed by atoms with Crippen molar-refractivity contribution >= 4 is 20.1 Å². The van der Waals surface area contributed by atoms with Crippen LogP contribution in [0.3, 0.4) is 0 Å². The Bertz CT molecular complexity index is 290. The van der Waals surface area contributed by atoms with E-state index >= 15 is 0 Å². The molecule has 0 unspecified atom stereocenters. The van der Waals surface area contributed by atoms with Gasteiger partial charge in [0.15, 0.2) is 0 Å². The van der Waals surface area contributed by atoms with Crippen LogP contribution >= 0.6 is 11.8 Å². The maximum absolute atomic E-state index is 5.59. The third-order valence-electron chi connectivity index (χ3n) is 1.42. The Kier molecular flexibility index (Phi) is 4.29. The minimum Gasteiger partial charge on any atom is -0.549 e. The van der Waals surface area contributed by atoms with Crippen LogP contribution in [0.15, 0.2) is 46.9 Å². The third kappa shape index (κ3) is 5.14. The molecule has 0 aliphatic carbocycles. The van der Waals surface area contributed by atoms with Gasteiger partial charge in [-0.2, -0.15) is 0 Å². The molecule has 3 heteroatoms. The van der Waals surface area contributed by atoms with E-state index in [0.717, 1.165) is 0 Å². The van der Waals surface area contributed by atoms with Gasteiger partial charge in [0, 0.05) is 10.3 Å². The van der Waals surface area contributed by atoms with Crippen molar-refractivity contribution in [2.45, 2.75) is 24.5 Å². The topological polar surface area (TPSA) is 9.23 Å². The summed E-state index contributed by atoms with van der Waals surface area (Å²) in [5.41, 5.74) is 0. The van der Waals surface area contributed by atoms with Crippen molar-refractivity contribution in [1.29, 1.82) is 0 Å². The molecule has 0 aliphatic heterocycles. The van der Waals surface area contributed by atoms with Crippen LogP contribution in [-0.2, 0) is 4.43 Å². The molecule has 76 valence electrons. The minimum atomic E-state index is -1.40. The highest BCUT2D eigenvalue weighted by Crippen LogP contribution is 2.18. The summed E-state index contributed by atoms with van der Waals surface area (Å²) in [6, 6.07) is 10.3. The Hall–Kier alpha value is -0.673. The third-order valence-corrected chi connectivity index (χ3v) is 3.06. The fourth-order valence-electron chi connectivity index (χ4n) is 0.837. The highest BCUT2D eigenvalue weighted by atomic mass is 32.2. The number of hydrogen-bond acceptors (Lipinski definition) is 2. The molecule has 0 N–H and O–H groups in total. The Morgan fingerprint density at radius 2 is 1.79 bits per heavy atom. The van der Waals surface area contributed by atoms with Gasteiger partial charge in [-0.1, -0.05) is 30.0 Å². The van der Waals surface area contributed by atoms with E-state index in [0.29, 0.717) is 0 Å². The van der Waals surface area contributed by atoms with E-state index in [4.69, 9.17) is 4.43 Å². The van der Waals surface area contributed by atoms with Gasteiger partial charge >= 0.3 is 0 Å². The zero-order valence-electron chi connectivity index (χ0n) is 8.86. The van der Waals surface area contributed by atoms with Crippen LogP contribution < -0.4 is 0 Å². The summed E-state index contributed by atoms with van der Waals surface area (Å²) in [7, 11) is -1.40. The zero-order chi connectivity index (χ0) is 10.4. The quantitative estimate of drug-likeness (QED) is 0.432. The molecule has 14 heavy (non-hydrogen) atoms. The van der Waals surface area contributed by atoms with Crippen LogP contribution in [0.1, 0.15) is 0 Å². The molecule has 0 amide bonds. The van der Waals surface area contributed by atoms with Gasteiger partial charge in [-0.25, -0.2) is 0 Å². The molecule has 0 bridgehead atoms. The molecular formula is C11H16OSSi. The normalized spacial score (nSPS) is 11.9. The predicted octanol–water partition coefficient (Wildman–Crippen LogP) is 4.10. The maximum atomic E-state index is 5.59. The molecule has 0 atom stereocenters. The zero-order valence-corrected chi connectivity index (χ0v) is 10.7. The highest BCUT2D eigenvalue weighted by Gasteiger charge is 2.12. The molecule has 1 rings (SSSR count). The fraction of sp³-hybridized carbons (Fsp3) is 0.273. The smallest absolute Gasteiger partial charge is 0.241 e. The van der Waals surface area contributed by atoms with Gasteiger partial charge in [0.05, 0.1) is 6.26 Å². The molecular weight excluding hydrogens is 208 g/mol. The molecule has 0 aromatic heterocycles. The molecule has 0 heterocycles. The Morgan fingerprint density at radius 3 is 2.36 bits per heavy atom. The van der Waals surface area contributed by atoms with E-state index in [-0.39, 0.29) is 0 Å². The van der Waals surface area contributed by atoms with Crippen molar-refractivity contribution in [2.75, 3.05) is 0 Å². The van der Waals surface area contributed by atoms with Gasteiger partial charge in [0.1, 0.15) is 0 Å². The highest BCUT2D eigenvalue weighted by molar-refractivity contribution is 8.02. The molecule has 0 spiro atoms. The van der Waals surface area contributed by atoms with Crippen molar-refractivity contribution in [3.8, 4) is 0 Å².